The second kappa shape index (κ2) is 4.10. The number of aromatic nitrogens is 4. The van der Waals surface area contributed by atoms with Crippen LogP contribution in [0.2, 0.25) is 13.8 Å². The van der Waals surface area contributed by atoms with Gasteiger partial charge in [-0.2, -0.15) is 0 Å². The number of hydrogen-bond donors (Lipinski definition) is 0. The van der Waals surface area contributed by atoms with Crippen molar-refractivity contribution < 1.29 is 0 Å². The summed E-state index contributed by atoms with van der Waals surface area (Å²) in [6, 6.07) is 3.37. The van der Waals surface area contributed by atoms with Crippen LogP contribution in [-0.2, 0) is 0 Å². The maximum atomic E-state index is 6.07. The van der Waals surface area contributed by atoms with Gasteiger partial charge in [0, 0.05) is 6.07 Å². The highest BCUT2D eigenvalue weighted by Crippen LogP contribution is 2.37. The lowest BCUT2D eigenvalue weighted by Gasteiger charge is -1.97. The molecule has 0 unspecified atom stereocenters. The van der Waals surface area contributed by atoms with E-state index in [2.05, 4.69) is 15.2 Å². The van der Waals surface area contributed by atoms with Crippen LogP contribution in [-0.4, -0.2) is 19.6 Å². The largest absolute Gasteiger partial charge is 0.265 e. The molecule has 0 aromatic carbocycles. The first kappa shape index (κ1) is 11.2. The van der Waals surface area contributed by atoms with Crippen molar-refractivity contribution in [3.63, 3.8) is 0 Å². The van der Waals surface area contributed by atoms with Crippen molar-refractivity contribution in [3.05, 3.63) is 32.3 Å². The number of thiophene rings is 1. The van der Waals surface area contributed by atoms with Crippen molar-refractivity contribution in [2.45, 2.75) is 0 Å². The van der Waals surface area contributed by atoms with Crippen molar-refractivity contribution in [1.82, 2.24) is 19.6 Å². The molecule has 0 spiro atoms. The van der Waals surface area contributed by atoms with Gasteiger partial charge in [-0.15, -0.1) is 21.5 Å². The van der Waals surface area contributed by atoms with Crippen molar-refractivity contribution in [2.24, 2.45) is 0 Å². The van der Waals surface area contributed by atoms with Crippen molar-refractivity contribution in [3.8, 4) is 11.4 Å². The predicted molar refractivity (Wildman–Crippen MR) is 69.1 cm³/mol. The molecule has 3 heterocycles. The summed E-state index contributed by atoms with van der Waals surface area (Å²) < 4.78 is 2.87. The summed E-state index contributed by atoms with van der Waals surface area (Å²) >= 11 is 19.0. The maximum absolute atomic E-state index is 6.07. The van der Waals surface area contributed by atoms with E-state index in [9.17, 15) is 0 Å². The zero-order valence-corrected chi connectivity index (χ0v) is 11.1. The topological polar surface area (TPSA) is 43.1 Å². The Morgan fingerprint density at radius 2 is 1.94 bits per heavy atom. The van der Waals surface area contributed by atoms with Gasteiger partial charge in [-0.1, -0.05) is 34.8 Å². The number of fused-ring (bicyclic) bond motifs is 1. The third-order valence-corrected chi connectivity index (χ3v) is 3.86. The fourth-order valence-electron chi connectivity index (χ4n) is 1.45. The predicted octanol–water partition coefficient (Wildman–Crippen LogP) is 3.81. The van der Waals surface area contributed by atoms with E-state index in [1.165, 1.54) is 11.3 Å². The van der Waals surface area contributed by atoms with Crippen LogP contribution in [0, 0.1) is 0 Å². The van der Waals surface area contributed by atoms with Gasteiger partial charge in [-0.05, 0) is 6.07 Å². The van der Waals surface area contributed by atoms with Gasteiger partial charge in [0.2, 0.25) is 0 Å². The molecule has 0 saturated carbocycles. The molecule has 0 bridgehead atoms. The van der Waals surface area contributed by atoms with Crippen LogP contribution < -0.4 is 0 Å². The van der Waals surface area contributed by atoms with Gasteiger partial charge in [-0.3, -0.25) is 4.40 Å². The van der Waals surface area contributed by atoms with Gasteiger partial charge in [0.25, 0.3) is 0 Å². The molecule has 8 heteroatoms. The second-order valence-electron chi connectivity index (χ2n) is 3.20. The summed E-state index contributed by atoms with van der Waals surface area (Å²) in [5.74, 6) is 0.595. The van der Waals surface area contributed by atoms with Crippen LogP contribution in [0.25, 0.3) is 17.0 Å². The lowest BCUT2D eigenvalue weighted by molar-refractivity contribution is 1.08. The van der Waals surface area contributed by atoms with Gasteiger partial charge in [-0.25, -0.2) is 4.98 Å². The molecule has 0 atom stereocenters. The Labute approximate surface area is 115 Å². The summed E-state index contributed by atoms with van der Waals surface area (Å²) in [4.78, 5) is 3.98. The Bertz CT molecular complexity index is 705. The molecule has 0 radical (unpaired) electrons. The molecule has 0 fully saturated rings. The molecule has 4 nitrogen and oxygen atoms in total. The molecule has 86 valence electrons. The summed E-state index contributed by atoms with van der Waals surface area (Å²) in [6.07, 6.45) is 1.55. The Balaban J connectivity index is 2.28. The standard InChI is InChI=1S/C9H3Cl3N4S/c10-5-2-7-14-15-9(16(7)3-13-5)4-1-6(11)17-8(4)12/h1-3H. The third kappa shape index (κ3) is 1.89. The van der Waals surface area contributed by atoms with Crippen LogP contribution >= 0.6 is 46.1 Å². The number of nitrogens with zero attached hydrogens (tertiary/aromatic N) is 4. The molecule has 17 heavy (non-hydrogen) atoms. The lowest BCUT2D eigenvalue weighted by Crippen LogP contribution is -1.90. The first-order valence-corrected chi connectivity index (χ1v) is 6.41. The van der Waals surface area contributed by atoms with E-state index in [-0.39, 0.29) is 0 Å². The summed E-state index contributed by atoms with van der Waals surface area (Å²) in [5, 5.41) is 8.42. The quantitative estimate of drug-likeness (QED) is 0.642. The van der Waals surface area contributed by atoms with E-state index in [1.54, 1.807) is 22.9 Å². The van der Waals surface area contributed by atoms with Crippen molar-refractivity contribution in [1.29, 1.82) is 0 Å². The number of hydrogen-bond acceptors (Lipinski definition) is 4. The van der Waals surface area contributed by atoms with E-state index in [4.69, 9.17) is 34.8 Å². The van der Waals surface area contributed by atoms with Crippen molar-refractivity contribution in [2.75, 3.05) is 0 Å². The van der Waals surface area contributed by atoms with E-state index < -0.39 is 0 Å². The summed E-state index contributed by atoms with van der Waals surface area (Å²) in [6.45, 7) is 0. The molecule has 0 amide bonds. The zero-order chi connectivity index (χ0) is 12.0. The minimum absolute atomic E-state index is 0.367. The molecule has 3 rings (SSSR count). The molecule has 0 saturated heterocycles. The molecular formula is C9H3Cl3N4S. The average molecular weight is 306 g/mol. The third-order valence-electron chi connectivity index (χ3n) is 2.16. The van der Waals surface area contributed by atoms with Crippen LogP contribution in [0.3, 0.4) is 0 Å². The van der Waals surface area contributed by atoms with Gasteiger partial charge in [0.05, 0.1) is 9.90 Å². The van der Waals surface area contributed by atoms with Crippen LogP contribution in [0.1, 0.15) is 0 Å². The Kier molecular flexibility index (Phi) is 2.71. The van der Waals surface area contributed by atoms with Gasteiger partial charge in [0.15, 0.2) is 11.5 Å². The van der Waals surface area contributed by atoms with E-state index in [0.29, 0.717) is 25.3 Å². The molecular weight excluding hydrogens is 303 g/mol. The summed E-state index contributed by atoms with van der Waals surface area (Å²) in [5.41, 5.74) is 1.34. The minimum Gasteiger partial charge on any atom is -0.265 e. The molecule has 3 aromatic rings. The molecule has 0 aliphatic rings. The molecule has 0 N–H and O–H groups in total. The Morgan fingerprint density at radius 1 is 1.12 bits per heavy atom. The molecule has 0 aliphatic carbocycles. The molecule has 0 aliphatic heterocycles. The normalized spacial score (nSPS) is 11.2. The lowest BCUT2D eigenvalue weighted by atomic mass is 10.3. The number of rotatable bonds is 1. The van der Waals surface area contributed by atoms with Crippen LogP contribution in [0.4, 0.5) is 0 Å². The van der Waals surface area contributed by atoms with E-state index >= 15 is 0 Å². The molecule has 3 aromatic heterocycles. The van der Waals surface area contributed by atoms with Crippen molar-refractivity contribution >= 4 is 51.8 Å². The highest BCUT2D eigenvalue weighted by molar-refractivity contribution is 7.20. The van der Waals surface area contributed by atoms with Crippen LogP contribution in [0.15, 0.2) is 18.5 Å². The first-order valence-electron chi connectivity index (χ1n) is 4.46. The van der Waals surface area contributed by atoms with Crippen LogP contribution in [0.5, 0.6) is 0 Å². The average Bonchev–Trinajstić information content (AvgIpc) is 2.81. The second-order valence-corrected chi connectivity index (χ2v) is 5.87. The number of halogens is 3. The Hall–Kier alpha value is -0.880. The minimum atomic E-state index is 0.367. The fourth-order valence-corrected chi connectivity index (χ4v) is 3.05. The Morgan fingerprint density at radius 3 is 2.65 bits per heavy atom. The maximum Gasteiger partial charge on any atom is 0.172 e. The smallest absolute Gasteiger partial charge is 0.172 e. The highest BCUT2D eigenvalue weighted by Gasteiger charge is 2.14. The van der Waals surface area contributed by atoms with Gasteiger partial charge >= 0.3 is 0 Å². The SMILES string of the molecule is Clc1cc2nnc(-c3cc(Cl)sc3Cl)n2cn1. The van der Waals surface area contributed by atoms with Gasteiger partial charge in [0.1, 0.15) is 15.8 Å². The summed E-state index contributed by atoms with van der Waals surface area (Å²) in [7, 11) is 0. The first-order chi connectivity index (χ1) is 8.15. The van der Waals surface area contributed by atoms with E-state index in [1.807, 2.05) is 0 Å². The monoisotopic (exact) mass is 304 g/mol. The zero-order valence-electron chi connectivity index (χ0n) is 8.06. The van der Waals surface area contributed by atoms with E-state index in [0.717, 1.165) is 5.56 Å². The highest BCUT2D eigenvalue weighted by atomic mass is 35.5. The van der Waals surface area contributed by atoms with Gasteiger partial charge < -0.3 is 0 Å². The fraction of sp³-hybridized carbons (Fsp3) is 0.